The van der Waals surface area contributed by atoms with Gasteiger partial charge in [0.15, 0.2) is 0 Å². The van der Waals surface area contributed by atoms with Gasteiger partial charge in [0, 0.05) is 36.3 Å². The van der Waals surface area contributed by atoms with Crippen molar-refractivity contribution in [3.8, 4) is 0 Å². The first-order chi connectivity index (χ1) is 10.1. The molecule has 2 unspecified atom stereocenters. The van der Waals surface area contributed by atoms with Crippen LogP contribution in [0.5, 0.6) is 0 Å². The maximum atomic E-state index is 4.65. The Bertz CT molecular complexity index is 623. The van der Waals surface area contributed by atoms with E-state index in [1.54, 1.807) is 0 Å². The van der Waals surface area contributed by atoms with Crippen molar-refractivity contribution in [3.63, 3.8) is 0 Å². The lowest BCUT2D eigenvalue weighted by Gasteiger charge is -2.28. The first kappa shape index (κ1) is 14.5. The lowest BCUT2D eigenvalue weighted by molar-refractivity contribution is 0.199. The van der Waals surface area contributed by atoms with E-state index in [1.807, 2.05) is 0 Å². The van der Waals surface area contributed by atoms with Crippen LogP contribution in [0.4, 0.5) is 0 Å². The Morgan fingerprint density at radius 1 is 1.29 bits per heavy atom. The van der Waals surface area contributed by atoms with E-state index < -0.39 is 0 Å². The van der Waals surface area contributed by atoms with Crippen LogP contribution in [0.15, 0.2) is 30.3 Å². The molecule has 0 saturated carbocycles. The molecule has 2 heterocycles. The third kappa shape index (κ3) is 3.25. The van der Waals surface area contributed by atoms with Gasteiger partial charge in [0.2, 0.25) is 0 Å². The molecule has 1 aromatic heterocycles. The molecule has 2 atom stereocenters. The predicted octanol–water partition coefficient (Wildman–Crippen LogP) is 3.12. The van der Waals surface area contributed by atoms with Gasteiger partial charge in [-0.1, -0.05) is 18.2 Å². The number of hydrogen-bond donors (Lipinski definition) is 1. The molecule has 0 aliphatic carbocycles. The number of benzene rings is 1. The fourth-order valence-electron chi connectivity index (χ4n) is 3.28. The van der Waals surface area contributed by atoms with Crippen molar-refractivity contribution in [1.29, 1.82) is 0 Å². The highest BCUT2D eigenvalue weighted by Gasteiger charge is 2.21. The minimum atomic E-state index is 0.559. The highest BCUT2D eigenvalue weighted by atomic mass is 15.2. The summed E-state index contributed by atoms with van der Waals surface area (Å²) in [6.45, 7) is 9.95. The number of hydrogen-bond acceptors (Lipinski definition) is 3. The van der Waals surface area contributed by atoms with E-state index in [0.29, 0.717) is 12.1 Å². The van der Waals surface area contributed by atoms with Crippen molar-refractivity contribution in [3.05, 3.63) is 41.6 Å². The Labute approximate surface area is 127 Å². The predicted molar refractivity (Wildman–Crippen MR) is 88.4 cm³/mol. The van der Waals surface area contributed by atoms with Gasteiger partial charge in [-0.3, -0.25) is 9.88 Å². The molecule has 21 heavy (non-hydrogen) atoms. The summed E-state index contributed by atoms with van der Waals surface area (Å²) in [6, 6.07) is 11.9. The lowest BCUT2D eigenvalue weighted by atomic mass is 10.1. The third-order valence-corrected chi connectivity index (χ3v) is 4.49. The summed E-state index contributed by atoms with van der Waals surface area (Å²) in [6.07, 6.45) is 1.21. The minimum absolute atomic E-state index is 0.559. The molecule has 3 heteroatoms. The van der Waals surface area contributed by atoms with Crippen LogP contribution in [0.25, 0.3) is 10.9 Å². The number of pyridine rings is 1. The van der Waals surface area contributed by atoms with E-state index in [4.69, 9.17) is 0 Å². The molecule has 0 spiro atoms. The molecule has 1 fully saturated rings. The number of nitrogens with one attached hydrogen (secondary N) is 1. The van der Waals surface area contributed by atoms with Crippen LogP contribution in [0.1, 0.15) is 31.5 Å². The molecular formula is C18H25N3. The van der Waals surface area contributed by atoms with Gasteiger partial charge < -0.3 is 5.32 Å². The van der Waals surface area contributed by atoms with Crippen molar-refractivity contribution in [1.82, 2.24) is 15.2 Å². The number of fused-ring (bicyclic) bond motifs is 1. The first-order valence-electron chi connectivity index (χ1n) is 7.96. The minimum Gasteiger partial charge on any atom is -0.313 e. The number of aromatic nitrogens is 1. The Balaban J connectivity index is 1.93. The van der Waals surface area contributed by atoms with Crippen molar-refractivity contribution < 1.29 is 0 Å². The normalized spacial score (nSPS) is 24.1. The molecule has 2 aromatic rings. The van der Waals surface area contributed by atoms with E-state index in [1.165, 1.54) is 17.4 Å². The molecule has 3 nitrogen and oxygen atoms in total. The fraction of sp³-hybridized carbons (Fsp3) is 0.500. The summed E-state index contributed by atoms with van der Waals surface area (Å²) >= 11 is 0. The molecule has 0 radical (unpaired) electrons. The summed E-state index contributed by atoms with van der Waals surface area (Å²) in [5.74, 6) is 0. The molecule has 1 aromatic carbocycles. The van der Waals surface area contributed by atoms with Gasteiger partial charge in [-0.15, -0.1) is 0 Å². The van der Waals surface area contributed by atoms with Crippen LogP contribution < -0.4 is 5.32 Å². The summed E-state index contributed by atoms with van der Waals surface area (Å²) in [4.78, 5) is 7.25. The maximum absolute atomic E-state index is 4.65. The zero-order valence-electron chi connectivity index (χ0n) is 13.3. The molecule has 1 aliphatic rings. The highest BCUT2D eigenvalue weighted by Crippen LogP contribution is 2.22. The zero-order valence-corrected chi connectivity index (χ0v) is 13.3. The van der Waals surface area contributed by atoms with E-state index in [9.17, 15) is 0 Å². The number of aryl methyl sites for hydroxylation is 1. The van der Waals surface area contributed by atoms with Crippen LogP contribution in [-0.4, -0.2) is 35.1 Å². The average molecular weight is 283 g/mol. The molecule has 1 aliphatic heterocycles. The van der Waals surface area contributed by atoms with Crippen LogP contribution in [0.3, 0.4) is 0 Å². The molecule has 112 valence electrons. The molecule has 0 bridgehead atoms. The zero-order chi connectivity index (χ0) is 14.8. The summed E-state index contributed by atoms with van der Waals surface area (Å²) < 4.78 is 0. The highest BCUT2D eigenvalue weighted by molar-refractivity contribution is 5.82. The average Bonchev–Trinajstić information content (AvgIpc) is 2.60. The number of nitrogens with zero attached hydrogens (tertiary/aromatic N) is 2. The Morgan fingerprint density at radius 3 is 2.95 bits per heavy atom. The van der Waals surface area contributed by atoms with Crippen molar-refractivity contribution in [2.75, 3.05) is 13.1 Å². The van der Waals surface area contributed by atoms with Gasteiger partial charge in [0.1, 0.15) is 0 Å². The van der Waals surface area contributed by atoms with Gasteiger partial charge in [0.05, 0.1) is 5.52 Å². The first-order valence-corrected chi connectivity index (χ1v) is 7.96. The van der Waals surface area contributed by atoms with Crippen molar-refractivity contribution >= 4 is 10.9 Å². The van der Waals surface area contributed by atoms with Gasteiger partial charge in [0.25, 0.3) is 0 Å². The second-order valence-electron chi connectivity index (χ2n) is 6.36. The number of para-hydroxylation sites is 1. The molecular weight excluding hydrogens is 258 g/mol. The largest absolute Gasteiger partial charge is 0.313 e. The SMILES string of the molecule is Cc1cc(CN2CC(C)NCCC2C)c2ccccc2n1. The topological polar surface area (TPSA) is 28.2 Å². The third-order valence-electron chi connectivity index (χ3n) is 4.49. The van der Waals surface area contributed by atoms with Gasteiger partial charge in [-0.25, -0.2) is 0 Å². The van der Waals surface area contributed by atoms with Crippen molar-refractivity contribution in [2.24, 2.45) is 0 Å². The summed E-state index contributed by atoms with van der Waals surface area (Å²) in [5.41, 5.74) is 3.62. The molecule has 1 saturated heterocycles. The second-order valence-corrected chi connectivity index (χ2v) is 6.36. The van der Waals surface area contributed by atoms with E-state index in [0.717, 1.165) is 30.8 Å². The Hall–Kier alpha value is -1.45. The van der Waals surface area contributed by atoms with E-state index >= 15 is 0 Å². The lowest BCUT2D eigenvalue weighted by Crippen LogP contribution is -2.38. The summed E-state index contributed by atoms with van der Waals surface area (Å²) in [7, 11) is 0. The Kier molecular flexibility index (Phi) is 4.22. The van der Waals surface area contributed by atoms with Gasteiger partial charge in [-0.05, 0) is 51.4 Å². The van der Waals surface area contributed by atoms with Crippen LogP contribution >= 0.6 is 0 Å². The van der Waals surface area contributed by atoms with Gasteiger partial charge in [-0.2, -0.15) is 0 Å². The van der Waals surface area contributed by atoms with Crippen LogP contribution in [0.2, 0.25) is 0 Å². The molecule has 0 amide bonds. The van der Waals surface area contributed by atoms with Crippen LogP contribution in [0, 0.1) is 6.92 Å². The standard InChI is InChI=1S/C18H25N3/c1-13-10-16(17-6-4-5-7-18(17)20-13)12-21-11-14(2)19-9-8-15(21)3/h4-7,10,14-15,19H,8-9,11-12H2,1-3H3. The quantitative estimate of drug-likeness (QED) is 0.918. The molecule has 1 N–H and O–H groups in total. The van der Waals surface area contributed by atoms with Crippen LogP contribution in [-0.2, 0) is 6.54 Å². The smallest absolute Gasteiger partial charge is 0.0708 e. The molecule has 3 rings (SSSR count). The number of rotatable bonds is 2. The van der Waals surface area contributed by atoms with Crippen molar-refractivity contribution in [2.45, 2.75) is 45.8 Å². The van der Waals surface area contributed by atoms with Gasteiger partial charge >= 0.3 is 0 Å². The second kappa shape index (κ2) is 6.12. The summed E-state index contributed by atoms with van der Waals surface area (Å²) in [5, 5.41) is 4.88. The van der Waals surface area contributed by atoms with E-state index in [2.05, 4.69) is 66.3 Å². The monoisotopic (exact) mass is 283 g/mol. The maximum Gasteiger partial charge on any atom is 0.0708 e. The Morgan fingerprint density at radius 2 is 2.10 bits per heavy atom. The fourth-order valence-corrected chi connectivity index (χ4v) is 3.28. The van der Waals surface area contributed by atoms with E-state index in [-0.39, 0.29) is 0 Å².